The molecule has 9 nitrogen and oxygen atoms in total. The van der Waals surface area contributed by atoms with Gasteiger partial charge in [0.25, 0.3) is 0 Å². The Morgan fingerprint density at radius 1 is 1.09 bits per heavy atom. The van der Waals surface area contributed by atoms with E-state index in [-0.39, 0.29) is 12.4 Å². The van der Waals surface area contributed by atoms with Crippen LogP contribution in [0, 0.1) is 0 Å². The molecule has 0 saturated heterocycles. The van der Waals surface area contributed by atoms with Crippen molar-refractivity contribution < 1.29 is 40.2 Å². The third-order valence-electron chi connectivity index (χ3n) is 2.32. The molecule has 1 aromatic carbocycles. The van der Waals surface area contributed by atoms with Gasteiger partial charge in [0.05, 0.1) is 0 Å². The van der Waals surface area contributed by atoms with E-state index in [1.807, 2.05) is 6.07 Å². The lowest BCUT2D eigenvalue weighted by atomic mass is 10.2. The maximum Gasteiger partial charge on any atom is 0.335 e. The van der Waals surface area contributed by atoms with Gasteiger partial charge in [0.2, 0.25) is 0 Å². The summed E-state index contributed by atoms with van der Waals surface area (Å²) in [6, 6.07) is 6.92. The number of carbonyl (C=O) groups is 2. The van der Waals surface area contributed by atoms with E-state index >= 15 is 0 Å². The fourth-order valence-electron chi connectivity index (χ4n) is 1.20. The highest BCUT2D eigenvalue weighted by Crippen LogP contribution is 2.14. The summed E-state index contributed by atoms with van der Waals surface area (Å²) in [5, 5.41) is 53.2. The molecule has 22 heavy (non-hydrogen) atoms. The molecular weight excluding hydrogens is 298 g/mol. The average Bonchev–Trinajstić information content (AvgIpc) is 2.46. The van der Waals surface area contributed by atoms with E-state index in [0.29, 0.717) is 0 Å². The predicted octanol–water partition coefficient (Wildman–Crippen LogP) is -0.936. The zero-order valence-electron chi connectivity index (χ0n) is 11.6. The molecule has 2 unspecified atom stereocenters. The van der Waals surface area contributed by atoms with Crippen LogP contribution in [-0.4, -0.2) is 67.9 Å². The number of rotatable bonds is 7. The Hall–Kier alpha value is -2.36. The van der Waals surface area contributed by atoms with Gasteiger partial charge in [-0.15, -0.1) is 0 Å². The van der Waals surface area contributed by atoms with Gasteiger partial charge >= 0.3 is 11.9 Å². The molecule has 1 rings (SSSR count). The molecule has 9 heteroatoms. The van der Waals surface area contributed by atoms with Crippen molar-refractivity contribution in [3.63, 3.8) is 0 Å². The Morgan fingerprint density at radius 2 is 1.64 bits per heavy atom. The monoisotopic (exact) mass is 317 g/mol. The Bertz CT molecular complexity index is 461. The number of aliphatic hydroxyl groups is 3. The van der Waals surface area contributed by atoms with Crippen LogP contribution in [0.2, 0.25) is 0 Å². The summed E-state index contributed by atoms with van der Waals surface area (Å²) < 4.78 is 0. The number of aromatic hydroxyl groups is 1. The lowest BCUT2D eigenvalue weighted by Gasteiger charge is -2.07. The van der Waals surface area contributed by atoms with Crippen molar-refractivity contribution in [2.45, 2.75) is 18.6 Å². The highest BCUT2D eigenvalue weighted by molar-refractivity contribution is 5.83. The highest BCUT2D eigenvalue weighted by Gasteiger charge is 2.29. The smallest absolute Gasteiger partial charge is 0.335 e. The summed E-state index contributed by atoms with van der Waals surface area (Å²) in [5.74, 6) is -3.28. The van der Waals surface area contributed by atoms with Crippen LogP contribution in [0.5, 0.6) is 5.75 Å². The van der Waals surface area contributed by atoms with Crippen LogP contribution in [0.3, 0.4) is 0 Å². The Labute approximate surface area is 126 Å². The molecule has 0 aliphatic heterocycles. The zero-order valence-corrected chi connectivity index (χ0v) is 11.6. The maximum absolute atomic E-state index is 9.77. The van der Waals surface area contributed by atoms with Gasteiger partial charge in [-0.2, -0.15) is 0 Å². The number of benzene rings is 1. The normalized spacial score (nSPS) is 12.5. The maximum atomic E-state index is 9.77. The minimum atomic E-state index is -2.27. The van der Waals surface area contributed by atoms with E-state index in [0.717, 1.165) is 18.7 Å². The number of hydrogen-bond acceptors (Lipinski definition) is 7. The van der Waals surface area contributed by atoms with Crippen molar-refractivity contribution in [2.75, 3.05) is 18.5 Å². The molecule has 0 radical (unpaired) electrons. The minimum absolute atomic E-state index is 0.186. The lowest BCUT2D eigenvalue weighted by molar-refractivity contribution is -0.165. The van der Waals surface area contributed by atoms with Crippen LogP contribution >= 0.6 is 0 Å². The fourth-order valence-corrected chi connectivity index (χ4v) is 1.20. The summed E-state index contributed by atoms with van der Waals surface area (Å²) >= 11 is 0. The third kappa shape index (κ3) is 8.04. The first-order valence-corrected chi connectivity index (χ1v) is 6.25. The topological polar surface area (TPSA) is 168 Å². The molecule has 0 aliphatic carbocycles. The minimum Gasteiger partial charge on any atom is -0.508 e. The largest absolute Gasteiger partial charge is 0.508 e. The number of phenols is 1. The van der Waals surface area contributed by atoms with E-state index in [1.54, 1.807) is 18.2 Å². The van der Waals surface area contributed by atoms with Crippen molar-refractivity contribution in [3.8, 4) is 5.75 Å². The number of hydrogen-bond donors (Lipinski definition) is 7. The Balaban J connectivity index is 0.000000409. The van der Waals surface area contributed by atoms with Crippen LogP contribution in [0.1, 0.15) is 6.42 Å². The van der Waals surface area contributed by atoms with E-state index in [2.05, 4.69) is 5.32 Å². The molecule has 0 aromatic heterocycles. The number of nitrogens with one attached hydrogen (secondary N) is 1. The summed E-state index contributed by atoms with van der Waals surface area (Å²) in [7, 11) is 0. The van der Waals surface area contributed by atoms with Gasteiger partial charge < -0.3 is 36.0 Å². The predicted molar refractivity (Wildman–Crippen MR) is 75.6 cm³/mol. The van der Waals surface area contributed by atoms with E-state index in [9.17, 15) is 9.59 Å². The van der Waals surface area contributed by atoms with Crippen LogP contribution in [0.4, 0.5) is 5.69 Å². The molecule has 124 valence electrons. The first kappa shape index (κ1) is 19.6. The molecule has 2 atom stereocenters. The van der Waals surface area contributed by atoms with E-state index in [4.69, 9.17) is 30.6 Å². The molecule has 1 aromatic rings. The fraction of sp³-hybridized carbons (Fsp3) is 0.385. The Morgan fingerprint density at radius 3 is 2.05 bits per heavy atom. The van der Waals surface area contributed by atoms with Crippen LogP contribution in [0.15, 0.2) is 24.3 Å². The standard InChI is InChI=1S/C9H13NO2.C4H6O6/c11-6-2-5-10-8-3-1-4-9(12)7-8;5-1(3(7)8)2(6)4(9)10/h1,3-4,7,10-12H,2,5-6H2;1-2,5-6H,(H,7,8)(H,9,10). The second-order valence-electron chi connectivity index (χ2n) is 4.12. The average molecular weight is 317 g/mol. The number of carboxylic acids is 2. The number of carboxylic acid groups (broad SMARTS) is 2. The Kier molecular flexibility index (Phi) is 9.27. The van der Waals surface area contributed by atoms with Crippen molar-refractivity contribution in [1.29, 1.82) is 0 Å². The summed E-state index contributed by atoms with van der Waals surface area (Å²) in [6.07, 6.45) is -3.81. The molecule has 7 N–H and O–H groups in total. The highest BCUT2D eigenvalue weighted by atomic mass is 16.4. The molecule has 0 fully saturated rings. The number of aliphatic hydroxyl groups excluding tert-OH is 3. The number of anilines is 1. The van der Waals surface area contributed by atoms with Gasteiger partial charge in [0.1, 0.15) is 5.75 Å². The van der Waals surface area contributed by atoms with E-state index < -0.39 is 24.1 Å². The second kappa shape index (κ2) is 10.4. The van der Waals surface area contributed by atoms with Crippen LogP contribution < -0.4 is 5.32 Å². The quantitative estimate of drug-likeness (QED) is 0.314. The molecule has 0 amide bonds. The van der Waals surface area contributed by atoms with Gasteiger partial charge in [0, 0.05) is 24.9 Å². The summed E-state index contributed by atoms with van der Waals surface area (Å²) in [6.45, 7) is 0.909. The zero-order chi connectivity index (χ0) is 17.1. The summed E-state index contributed by atoms with van der Waals surface area (Å²) in [5.41, 5.74) is 0.878. The molecule has 0 aliphatic rings. The SMILES string of the molecule is O=C(O)C(O)C(O)C(=O)O.OCCCNc1cccc(O)c1. The molecule has 0 spiro atoms. The van der Waals surface area contributed by atoms with Crippen molar-refractivity contribution >= 4 is 17.6 Å². The molecular formula is C13H19NO8. The van der Waals surface area contributed by atoms with Gasteiger partial charge in [-0.05, 0) is 18.6 Å². The second-order valence-corrected chi connectivity index (χ2v) is 4.12. The van der Waals surface area contributed by atoms with Gasteiger partial charge in [-0.1, -0.05) is 6.07 Å². The molecule has 0 bridgehead atoms. The van der Waals surface area contributed by atoms with Crippen LogP contribution in [0.25, 0.3) is 0 Å². The number of aliphatic carboxylic acids is 2. The molecule has 0 saturated carbocycles. The lowest BCUT2D eigenvalue weighted by Crippen LogP contribution is -2.39. The first-order valence-electron chi connectivity index (χ1n) is 6.25. The number of phenolic OH excluding ortho intramolecular Hbond substituents is 1. The third-order valence-corrected chi connectivity index (χ3v) is 2.32. The van der Waals surface area contributed by atoms with Crippen molar-refractivity contribution in [1.82, 2.24) is 0 Å². The molecule has 0 heterocycles. The first-order chi connectivity index (χ1) is 10.3. The van der Waals surface area contributed by atoms with Crippen molar-refractivity contribution in [2.24, 2.45) is 0 Å². The van der Waals surface area contributed by atoms with Crippen LogP contribution in [-0.2, 0) is 9.59 Å². The van der Waals surface area contributed by atoms with Gasteiger partial charge in [-0.25, -0.2) is 9.59 Å². The van der Waals surface area contributed by atoms with Crippen molar-refractivity contribution in [3.05, 3.63) is 24.3 Å². The van der Waals surface area contributed by atoms with Gasteiger partial charge in [0.15, 0.2) is 12.2 Å². The summed E-state index contributed by atoms with van der Waals surface area (Å²) in [4.78, 5) is 19.5. The van der Waals surface area contributed by atoms with E-state index in [1.165, 1.54) is 0 Å². The van der Waals surface area contributed by atoms with Gasteiger partial charge in [-0.3, -0.25) is 0 Å².